The van der Waals surface area contributed by atoms with E-state index in [-0.39, 0.29) is 25.3 Å². The van der Waals surface area contributed by atoms with E-state index in [0.29, 0.717) is 23.4 Å². The highest BCUT2D eigenvalue weighted by atomic mass is 16.7. The highest BCUT2D eigenvalue weighted by molar-refractivity contribution is 6.06. The lowest BCUT2D eigenvalue weighted by Crippen LogP contribution is -2.43. The zero-order valence-electron chi connectivity index (χ0n) is 16.8. The van der Waals surface area contributed by atoms with Crippen molar-refractivity contribution in [2.75, 3.05) is 11.9 Å². The van der Waals surface area contributed by atoms with Gasteiger partial charge in [-0.15, -0.1) is 0 Å². The van der Waals surface area contributed by atoms with E-state index in [1.807, 2.05) is 6.07 Å². The maximum atomic E-state index is 12.2. The van der Waals surface area contributed by atoms with E-state index < -0.39 is 23.5 Å². The maximum Gasteiger partial charge on any atom is 0.250 e. The van der Waals surface area contributed by atoms with Gasteiger partial charge in [0.1, 0.15) is 12.5 Å². The standard InChI is InChI=1S/C21H23N5O4/c1-3-13(2)20(29)24-15-6-4-5-14(9-15)16-10-21(30-25-16)11-17(19(23)28)26(12-21)18(27)7-8-22/h3-6,9,17H,7,10-12H2,1-2H3,(H2,23,28)(H,24,29)/b13-3+/t17-,21?/m1/s1. The van der Waals surface area contributed by atoms with Crippen LogP contribution in [0.2, 0.25) is 0 Å². The number of carbonyl (C=O) groups is 3. The predicted octanol–water partition coefficient (Wildman–Crippen LogP) is 1.45. The molecule has 9 heteroatoms. The molecule has 1 spiro atoms. The smallest absolute Gasteiger partial charge is 0.250 e. The number of hydrogen-bond donors (Lipinski definition) is 2. The molecule has 0 saturated carbocycles. The lowest BCUT2D eigenvalue weighted by atomic mass is 9.91. The summed E-state index contributed by atoms with van der Waals surface area (Å²) in [5.74, 6) is -1.29. The number of likely N-dealkylation sites (tertiary alicyclic amines) is 1. The Morgan fingerprint density at radius 1 is 1.47 bits per heavy atom. The van der Waals surface area contributed by atoms with Crippen molar-refractivity contribution in [3.63, 3.8) is 0 Å². The van der Waals surface area contributed by atoms with Gasteiger partial charge in [-0.1, -0.05) is 23.4 Å². The molecule has 0 bridgehead atoms. The van der Waals surface area contributed by atoms with Gasteiger partial charge >= 0.3 is 0 Å². The number of nitrogens with zero attached hydrogens (tertiary/aromatic N) is 3. The number of carbonyl (C=O) groups excluding carboxylic acids is 3. The van der Waals surface area contributed by atoms with Gasteiger partial charge in [0.05, 0.1) is 18.3 Å². The van der Waals surface area contributed by atoms with Crippen LogP contribution < -0.4 is 11.1 Å². The summed E-state index contributed by atoms with van der Waals surface area (Å²) in [6, 6.07) is 8.17. The molecule has 9 nitrogen and oxygen atoms in total. The monoisotopic (exact) mass is 409 g/mol. The van der Waals surface area contributed by atoms with Crippen LogP contribution in [-0.4, -0.2) is 46.5 Å². The number of nitrogens with one attached hydrogen (secondary N) is 1. The van der Waals surface area contributed by atoms with Crippen LogP contribution in [0.3, 0.4) is 0 Å². The normalized spacial score (nSPS) is 23.0. The molecule has 1 saturated heterocycles. The summed E-state index contributed by atoms with van der Waals surface area (Å²) < 4.78 is 0. The van der Waals surface area contributed by atoms with Gasteiger partial charge in [0.25, 0.3) is 5.91 Å². The zero-order valence-corrected chi connectivity index (χ0v) is 16.8. The summed E-state index contributed by atoms with van der Waals surface area (Å²) in [6.07, 6.45) is 1.98. The van der Waals surface area contributed by atoms with E-state index in [1.165, 1.54) is 4.90 Å². The second-order valence-electron chi connectivity index (χ2n) is 7.47. The Bertz CT molecular complexity index is 993. The van der Waals surface area contributed by atoms with Crippen LogP contribution >= 0.6 is 0 Å². The fourth-order valence-corrected chi connectivity index (χ4v) is 3.64. The van der Waals surface area contributed by atoms with E-state index >= 15 is 0 Å². The third kappa shape index (κ3) is 4.17. The average molecular weight is 409 g/mol. The second kappa shape index (κ2) is 8.37. The van der Waals surface area contributed by atoms with E-state index in [1.54, 1.807) is 44.2 Å². The van der Waals surface area contributed by atoms with Crippen LogP contribution in [0.4, 0.5) is 5.69 Å². The topological polar surface area (TPSA) is 138 Å². The first-order valence-electron chi connectivity index (χ1n) is 9.54. The van der Waals surface area contributed by atoms with Crippen molar-refractivity contribution in [3.8, 4) is 6.07 Å². The lowest BCUT2D eigenvalue weighted by molar-refractivity contribution is -0.136. The molecule has 156 valence electrons. The molecule has 3 N–H and O–H groups in total. The summed E-state index contributed by atoms with van der Waals surface area (Å²) in [5, 5.41) is 15.8. The number of hydrogen-bond acceptors (Lipinski definition) is 6. The van der Waals surface area contributed by atoms with Crippen molar-refractivity contribution >= 4 is 29.1 Å². The van der Waals surface area contributed by atoms with Gasteiger partial charge in [0, 0.05) is 29.7 Å². The largest absolute Gasteiger partial charge is 0.387 e. The predicted molar refractivity (Wildman–Crippen MR) is 109 cm³/mol. The van der Waals surface area contributed by atoms with Crippen molar-refractivity contribution in [1.82, 2.24) is 4.90 Å². The Morgan fingerprint density at radius 2 is 2.23 bits per heavy atom. The number of benzene rings is 1. The minimum absolute atomic E-state index is 0.130. The first-order chi connectivity index (χ1) is 14.3. The molecular formula is C21H23N5O4. The number of anilines is 1. The molecule has 0 radical (unpaired) electrons. The Labute approximate surface area is 174 Å². The molecule has 0 aromatic heterocycles. The molecule has 30 heavy (non-hydrogen) atoms. The summed E-state index contributed by atoms with van der Waals surface area (Å²) in [6.45, 7) is 3.65. The summed E-state index contributed by atoms with van der Waals surface area (Å²) >= 11 is 0. The number of nitriles is 1. The van der Waals surface area contributed by atoms with Gasteiger partial charge in [-0.2, -0.15) is 5.26 Å². The van der Waals surface area contributed by atoms with Gasteiger partial charge in [-0.05, 0) is 26.0 Å². The molecule has 2 aliphatic heterocycles. The van der Waals surface area contributed by atoms with Crippen molar-refractivity contribution in [2.45, 2.75) is 44.8 Å². The summed E-state index contributed by atoms with van der Waals surface area (Å²) in [5.41, 5.74) is 7.24. The molecule has 2 aliphatic rings. The molecule has 2 atom stereocenters. The van der Waals surface area contributed by atoms with E-state index in [0.717, 1.165) is 5.56 Å². The third-order valence-corrected chi connectivity index (χ3v) is 5.36. The number of primary amides is 1. The van der Waals surface area contributed by atoms with Crippen LogP contribution in [0.15, 0.2) is 41.1 Å². The van der Waals surface area contributed by atoms with Gasteiger partial charge in [-0.25, -0.2) is 0 Å². The second-order valence-corrected chi connectivity index (χ2v) is 7.47. The Balaban J connectivity index is 1.76. The first kappa shape index (κ1) is 21.0. The van der Waals surface area contributed by atoms with Crippen LogP contribution in [-0.2, 0) is 19.2 Å². The summed E-state index contributed by atoms with van der Waals surface area (Å²) in [7, 11) is 0. The van der Waals surface area contributed by atoms with Gasteiger partial charge in [-0.3, -0.25) is 14.4 Å². The van der Waals surface area contributed by atoms with Crippen molar-refractivity contribution in [2.24, 2.45) is 10.9 Å². The highest BCUT2D eigenvalue weighted by Gasteiger charge is 2.53. The fourth-order valence-electron chi connectivity index (χ4n) is 3.64. The third-order valence-electron chi connectivity index (χ3n) is 5.36. The number of allylic oxidation sites excluding steroid dienone is 1. The average Bonchev–Trinajstić information content (AvgIpc) is 3.32. The molecule has 1 aromatic carbocycles. The first-order valence-corrected chi connectivity index (χ1v) is 9.54. The highest BCUT2D eigenvalue weighted by Crippen LogP contribution is 2.39. The Morgan fingerprint density at radius 3 is 2.90 bits per heavy atom. The number of amides is 3. The van der Waals surface area contributed by atoms with Crippen molar-refractivity contribution in [3.05, 3.63) is 41.5 Å². The molecule has 1 aromatic rings. The van der Waals surface area contributed by atoms with Crippen molar-refractivity contribution < 1.29 is 19.2 Å². The molecule has 3 amide bonds. The number of rotatable bonds is 5. The van der Waals surface area contributed by atoms with Gasteiger partial charge in [0.2, 0.25) is 11.8 Å². The van der Waals surface area contributed by atoms with Crippen LogP contribution in [0.5, 0.6) is 0 Å². The Hall–Kier alpha value is -3.67. The van der Waals surface area contributed by atoms with Crippen molar-refractivity contribution in [1.29, 1.82) is 5.26 Å². The quantitative estimate of drug-likeness (QED) is 0.709. The van der Waals surface area contributed by atoms with E-state index in [4.69, 9.17) is 15.8 Å². The van der Waals surface area contributed by atoms with E-state index in [2.05, 4.69) is 10.5 Å². The fraction of sp³-hybridized carbons (Fsp3) is 0.381. The van der Waals surface area contributed by atoms with Crippen LogP contribution in [0.25, 0.3) is 0 Å². The minimum Gasteiger partial charge on any atom is -0.387 e. The molecule has 2 heterocycles. The maximum absolute atomic E-state index is 12.2. The molecule has 1 fully saturated rings. The van der Waals surface area contributed by atoms with Gasteiger partial charge in [0.15, 0.2) is 5.60 Å². The Kier molecular flexibility index (Phi) is 5.87. The minimum atomic E-state index is -0.860. The van der Waals surface area contributed by atoms with Crippen LogP contribution in [0.1, 0.15) is 38.7 Å². The number of oxime groups is 1. The SMILES string of the molecule is C/C=C(\C)C(=O)Nc1cccc(C2=NOC3(C2)C[C@H](C(N)=O)N(C(=O)CC#N)C3)c1. The van der Waals surface area contributed by atoms with Crippen LogP contribution in [0, 0.1) is 11.3 Å². The molecule has 0 aliphatic carbocycles. The zero-order chi connectivity index (χ0) is 21.9. The molecule has 1 unspecified atom stereocenters. The molecular weight excluding hydrogens is 386 g/mol. The number of nitrogens with two attached hydrogens (primary N) is 1. The molecule has 3 rings (SSSR count). The van der Waals surface area contributed by atoms with Gasteiger partial charge < -0.3 is 20.8 Å². The van der Waals surface area contributed by atoms with E-state index in [9.17, 15) is 14.4 Å². The summed E-state index contributed by atoms with van der Waals surface area (Å²) in [4.78, 5) is 43.2. The lowest BCUT2D eigenvalue weighted by Gasteiger charge is -2.22.